The van der Waals surface area contributed by atoms with Crippen molar-refractivity contribution in [3.8, 4) is 0 Å². The van der Waals surface area contributed by atoms with Gasteiger partial charge in [-0.3, -0.25) is 4.55 Å². The van der Waals surface area contributed by atoms with Crippen molar-refractivity contribution < 1.29 is 18.1 Å². The molecule has 0 amide bonds. The van der Waals surface area contributed by atoms with Crippen LogP contribution >= 0.6 is 0 Å². The van der Waals surface area contributed by atoms with Crippen LogP contribution in [0.1, 0.15) is 58.8 Å². The second kappa shape index (κ2) is 8.03. The third-order valence-corrected chi connectivity index (χ3v) is 4.00. The Hall–Kier alpha value is -0.130. The molecule has 2 atom stereocenters. The lowest BCUT2D eigenvalue weighted by Gasteiger charge is -2.17. The van der Waals surface area contributed by atoms with E-state index in [-0.39, 0.29) is 6.42 Å². The Kier molecular flexibility index (Phi) is 7.97. The van der Waals surface area contributed by atoms with Gasteiger partial charge >= 0.3 is 0 Å². The topological polar surface area (TPSA) is 74.6 Å². The Morgan fingerprint density at radius 2 is 1.56 bits per heavy atom. The molecule has 4 nitrogen and oxygen atoms in total. The van der Waals surface area contributed by atoms with E-state index in [4.69, 9.17) is 4.55 Å². The van der Waals surface area contributed by atoms with Crippen LogP contribution < -0.4 is 0 Å². The third kappa shape index (κ3) is 7.19. The number of aliphatic hydroxyl groups is 1. The summed E-state index contributed by atoms with van der Waals surface area (Å²) in [6.45, 7) is 3.98. The molecule has 0 saturated heterocycles. The molecule has 0 heterocycles. The lowest BCUT2D eigenvalue weighted by Crippen LogP contribution is -2.26. The molecule has 0 aromatic carbocycles. The van der Waals surface area contributed by atoms with Gasteiger partial charge in [0.05, 0.1) is 11.4 Å². The predicted molar refractivity (Wildman–Crippen MR) is 65.0 cm³/mol. The Morgan fingerprint density at radius 3 is 2.00 bits per heavy atom. The molecule has 0 fully saturated rings. The van der Waals surface area contributed by atoms with Crippen LogP contribution in [-0.4, -0.2) is 29.4 Å². The van der Waals surface area contributed by atoms with Crippen LogP contribution in [0, 0.1) is 0 Å². The largest absolute Gasteiger partial charge is 0.393 e. The third-order valence-electron chi connectivity index (χ3n) is 2.73. The smallest absolute Gasteiger partial charge is 0.267 e. The highest BCUT2D eigenvalue weighted by molar-refractivity contribution is 7.86. The van der Waals surface area contributed by atoms with Gasteiger partial charge in [0.1, 0.15) is 0 Å². The minimum Gasteiger partial charge on any atom is -0.393 e. The minimum absolute atomic E-state index is 0.152. The predicted octanol–water partition coefficient (Wildman–Crippen LogP) is 2.37. The fourth-order valence-electron chi connectivity index (χ4n) is 1.68. The summed E-state index contributed by atoms with van der Waals surface area (Å²) in [5.74, 6) is 0. The summed E-state index contributed by atoms with van der Waals surface area (Å²) in [4.78, 5) is 0. The van der Waals surface area contributed by atoms with Crippen LogP contribution in [0.3, 0.4) is 0 Å². The highest BCUT2D eigenvalue weighted by Gasteiger charge is 2.25. The fraction of sp³-hybridized carbons (Fsp3) is 1.00. The van der Waals surface area contributed by atoms with Crippen LogP contribution in [0.15, 0.2) is 0 Å². The van der Waals surface area contributed by atoms with E-state index in [0.717, 1.165) is 25.7 Å². The van der Waals surface area contributed by atoms with E-state index >= 15 is 0 Å². The van der Waals surface area contributed by atoms with Gasteiger partial charge in [0.25, 0.3) is 10.1 Å². The summed E-state index contributed by atoms with van der Waals surface area (Å²) in [5.41, 5.74) is 0. The molecule has 0 bridgehead atoms. The van der Waals surface area contributed by atoms with E-state index in [9.17, 15) is 13.5 Å². The van der Waals surface area contributed by atoms with Gasteiger partial charge in [-0.15, -0.1) is 0 Å². The van der Waals surface area contributed by atoms with Crippen LogP contribution in [0.2, 0.25) is 0 Å². The molecule has 0 aliphatic carbocycles. The molecule has 0 aliphatic heterocycles. The lowest BCUT2D eigenvalue weighted by molar-refractivity contribution is 0.147. The monoisotopic (exact) mass is 252 g/mol. The van der Waals surface area contributed by atoms with Gasteiger partial charge in [-0.2, -0.15) is 8.42 Å². The van der Waals surface area contributed by atoms with Gasteiger partial charge in [-0.25, -0.2) is 0 Å². The first-order chi connectivity index (χ1) is 7.41. The van der Waals surface area contributed by atoms with Gasteiger partial charge in [0.2, 0.25) is 0 Å². The number of rotatable bonds is 9. The number of hydrogen-bond acceptors (Lipinski definition) is 3. The van der Waals surface area contributed by atoms with Crippen molar-refractivity contribution >= 4 is 10.1 Å². The SMILES string of the molecule is CCCCC(O)CC(CCCC)S(=O)(=O)O. The zero-order valence-electron chi connectivity index (χ0n) is 10.2. The number of unbranched alkanes of at least 4 members (excludes halogenated alkanes) is 2. The second-order valence-corrected chi connectivity index (χ2v) is 6.01. The maximum atomic E-state index is 11.1. The number of aliphatic hydroxyl groups excluding tert-OH is 1. The molecule has 16 heavy (non-hydrogen) atoms. The van der Waals surface area contributed by atoms with Crippen molar-refractivity contribution in [3.05, 3.63) is 0 Å². The molecular formula is C11H24O4S. The van der Waals surface area contributed by atoms with Gasteiger partial charge in [0.15, 0.2) is 0 Å². The molecule has 0 aromatic heterocycles. The van der Waals surface area contributed by atoms with Crippen LogP contribution in [0.25, 0.3) is 0 Å². The normalized spacial score (nSPS) is 16.0. The molecule has 0 rings (SSSR count). The van der Waals surface area contributed by atoms with Crippen LogP contribution in [0.4, 0.5) is 0 Å². The second-order valence-electron chi connectivity index (χ2n) is 4.31. The Bertz CT molecular complexity index is 261. The first-order valence-electron chi connectivity index (χ1n) is 6.06. The van der Waals surface area contributed by atoms with Gasteiger partial charge in [-0.1, -0.05) is 39.5 Å². The zero-order valence-corrected chi connectivity index (χ0v) is 11.0. The molecular weight excluding hydrogens is 228 g/mol. The van der Waals surface area contributed by atoms with Crippen LogP contribution in [-0.2, 0) is 10.1 Å². The summed E-state index contributed by atoms with van der Waals surface area (Å²) in [6.07, 6.45) is 4.06. The Balaban J connectivity index is 4.20. The van der Waals surface area contributed by atoms with Crippen molar-refractivity contribution in [2.24, 2.45) is 0 Å². The lowest BCUT2D eigenvalue weighted by atomic mass is 10.0. The quantitative estimate of drug-likeness (QED) is 0.618. The maximum absolute atomic E-state index is 11.1. The summed E-state index contributed by atoms with van der Waals surface area (Å²) in [5, 5.41) is 8.83. The van der Waals surface area contributed by atoms with E-state index in [0.29, 0.717) is 12.8 Å². The van der Waals surface area contributed by atoms with E-state index in [1.807, 2.05) is 13.8 Å². The summed E-state index contributed by atoms with van der Waals surface area (Å²) < 4.78 is 31.2. The van der Waals surface area contributed by atoms with Gasteiger partial charge < -0.3 is 5.11 Å². The summed E-state index contributed by atoms with van der Waals surface area (Å²) in [7, 11) is -4.02. The molecule has 0 aromatic rings. The highest BCUT2D eigenvalue weighted by Crippen LogP contribution is 2.17. The number of hydrogen-bond donors (Lipinski definition) is 2. The Morgan fingerprint density at radius 1 is 1.06 bits per heavy atom. The van der Waals surface area contributed by atoms with Crippen molar-refractivity contribution in [1.82, 2.24) is 0 Å². The summed E-state index contributed by atoms with van der Waals surface area (Å²) >= 11 is 0. The molecule has 0 spiro atoms. The summed E-state index contributed by atoms with van der Waals surface area (Å²) in [6, 6.07) is 0. The first-order valence-corrected chi connectivity index (χ1v) is 7.56. The molecule has 2 unspecified atom stereocenters. The van der Waals surface area contributed by atoms with Crippen molar-refractivity contribution in [3.63, 3.8) is 0 Å². The van der Waals surface area contributed by atoms with Crippen molar-refractivity contribution in [2.45, 2.75) is 70.1 Å². The van der Waals surface area contributed by atoms with Crippen LogP contribution in [0.5, 0.6) is 0 Å². The highest BCUT2D eigenvalue weighted by atomic mass is 32.2. The first kappa shape index (κ1) is 15.9. The average molecular weight is 252 g/mol. The molecule has 0 radical (unpaired) electrons. The van der Waals surface area contributed by atoms with Crippen molar-refractivity contribution in [1.29, 1.82) is 0 Å². The Labute approximate surface area is 98.8 Å². The van der Waals surface area contributed by atoms with E-state index in [1.54, 1.807) is 0 Å². The fourth-order valence-corrected chi connectivity index (χ4v) is 2.61. The maximum Gasteiger partial charge on any atom is 0.267 e. The molecule has 98 valence electrons. The molecule has 0 aliphatic rings. The van der Waals surface area contributed by atoms with E-state index in [1.165, 1.54) is 0 Å². The molecule has 5 heteroatoms. The van der Waals surface area contributed by atoms with Gasteiger partial charge in [-0.05, 0) is 19.3 Å². The van der Waals surface area contributed by atoms with E-state index < -0.39 is 21.5 Å². The zero-order chi connectivity index (χ0) is 12.6. The molecule has 0 saturated carbocycles. The standard InChI is InChI=1S/C11H24O4S/c1-3-5-7-10(12)9-11(8-6-4-2)16(13,14)15/h10-12H,3-9H2,1-2H3,(H,13,14,15). The minimum atomic E-state index is -4.02. The average Bonchev–Trinajstić information content (AvgIpc) is 2.19. The van der Waals surface area contributed by atoms with Crippen molar-refractivity contribution in [2.75, 3.05) is 0 Å². The van der Waals surface area contributed by atoms with E-state index in [2.05, 4.69) is 0 Å². The van der Waals surface area contributed by atoms with Gasteiger partial charge in [0, 0.05) is 0 Å². The molecule has 2 N–H and O–H groups in total.